The first-order valence-corrected chi connectivity index (χ1v) is 6.16. The molecule has 4 heteroatoms. The first-order valence-electron chi connectivity index (χ1n) is 6.16. The summed E-state index contributed by atoms with van der Waals surface area (Å²) in [5, 5.41) is 2.65. The van der Waals surface area contributed by atoms with Gasteiger partial charge < -0.3 is 15.0 Å². The molecule has 0 bridgehead atoms. The first kappa shape index (κ1) is 14.9. The molecule has 0 saturated carbocycles. The molecule has 0 heterocycles. The van der Waals surface area contributed by atoms with Crippen LogP contribution in [0.4, 0.5) is 4.79 Å². The van der Waals surface area contributed by atoms with Crippen LogP contribution in [-0.2, 0) is 6.42 Å². The van der Waals surface area contributed by atoms with Gasteiger partial charge in [-0.25, -0.2) is 4.79 Å². The second-order valence-corrected chi connectivity index (χ2v) is 4.34. The predicted octanol–water partition coefficient (Wildman–Crippen LogP) is 1.90. The molecule has 1 aromatic rings. The Morgan fingerprint density at radius 2 is 2.21 bits per heavy atom. The predicted molar refractivity (Wildman–Crippen MR) is 76.2 cm³/mol. The molecule has 0 aromatic heterocycles. The lowest BCUT2D eigenvalue weighted by atomic mass is 10.1. The standard InChI is InChI=1S/C15H20N2O2/c1-5-10-16-15(18)17(3)12(2)11-13-8-6-7-9-14(13)19-4/h1,6-9,12H,10-11H2,2-4H3,(H,16,18)/t12-/m1/s1. The van der Waals surface area contributed by atoms with Crippen LogP contribution >= 0.6 is 0 Å². The molecule has 2 amide bonds. The monoisotopic (exact) mass is 260 g/mol. The molecule has 0 aliphatic heterocycles. The highest BCUT2D eigenvalue weighted by Crippen LogP contribution is 2.20. The summed E-state index contributed by atoms with van der Waals surface area (Å²) < 4.78 is 5.31. The second kappa shape index (κ2) is 7.32. The number of nitrogens with zero attached hydrogens (tertiary/aromatic N) is 1. The fourth-order valence-electron chi connectivity index (χ4n) is 1.78. The summed E-state index contributed by atoms with van der Waals surface area (Å²) in [5.41, 5.74) is 1.08. The van der Waals surface area contributed by atoms with Crippen LogP contribution < -0.4 is 10.1 Å². The second-order valence-electron chi connectivity index (χ2n) is 4.34. The molecule has 19 heavy (non-hydrogen) atoms. The minimum Gasteiger partial charge on any atom is -0.496 e. The summed E-state index contributed by atoms with van der Waals surface area (Å²) in [6.07, 6.45) is 5.84. The van der Waals surface area contributed by atoms with Crippen molar-refractivity contribution in [3.05, 3.63) is 29.8 Å². The molecule has 0 radical (unpaired) electrons. The van der Waals surface area contributed by atoms with Gasteiger partial charge in [-0.2, -0.15) is 0 Å². The maximum atomic E-state index is 11.8. The number of urea groups is 1. The Balaban J connectivity index is 2.66. The number of hydrogen-bond donors (Lipinski definition) is 1. The fourth-order valence-corrected chi connectivity index (χ4v) is 1.78. The van der Waals surface area contributed by atoms with Gasteiger partial charge >= 0.3 is 6.03 Å². The number of carbonyl (C=O) groups excluding carboxylic acids is 1. The van der Waals surface area contributed by atoms with E-state index >= 15 is 0 Å². The van der Waals surface area contributed by atoms with Gasteiger partial charge in [-0.3, -0.25) is 0 Å². The van der Waals surface area contributed by atoms with Crippen LogP contribution in [0.1, 0.15) is 12.5 Å². The van der Waals surface area contributed by atoms with Gasteiger partial charge in [0.2, 0.25) is 0 Å². The molecule has 4 nitrogen and oxygen atoms in total. The highest BCUT2D eigenvalue weighted by molar-refractivity contribution is 5.74. The summed E-state index contributed by atoms with van der Waals surface area (Å²) in [4.78, 5) is 13.4. The Hall–Kier alpha value is -2.15. The summed E-state index contributed by atoms with van der Waals surface area (Å²) in [7, 11) is 3.40. The van der Waals surface area contributed by atoms with Crippen LogP contribution in [0.15, 0.2) is 24.3 Å². The van der Waals surface area contributed by atoms with Crippen molar-refractivity contribution in [3.63, 3.8) is 0 Å². The lowest BCUT2D eigenvalue weighted by Crippen LogP contribution is -2.43. The Kier molecular flexibility index (Phi) is 5.74. The van der Waals surface area contributed by atoms with E-state index in [0.29, 0.717) is 0 Å². The van der Waals surface area contributed by atoms with E-state index < -0.39 is 0 Å². The van der Waals surface area contributed by atoms with Crippen molar-refractivity contribution >= 4 is 6.03 Å². The largest absolute Gasteiger partial charge is 0.496 e. The van der Waals surface area contributed by atoms with Crippen molar-refractivity contribution in [1.82, 2.24) is 10.2 Å². The zero-order valence-electron chi connectivity index (χ0n) is 11.6. The van der Waals surface area contributed by atoms with E-state index in [2.05, 4.69) is 11.2 Å². The summed E-state index contributed by atoms with van der Waals surface area (Å²) in [5.74, 6) is 3.22. The Bertz CT molecular complexity index is 465. The van der Waals surface area contributed by atoms with Crippen LogP contribution in [0.25, 0.3) is 0 Å². The third kappa shape index (κ3) is 4.22. The van der Waals surface area contributed by atoms with Crippen molar-refractivity contribution in [2.45, 2.75) is 19.4 Å². The van der Waals surface area contributed by atoms with Crippen LogP contribution in [-0.4, -0.2) is 37.7 Å². The number of likely N-dealkylation sites (N-methyl/N-ethyl adjacent to an activating group) is 1. The van der Waals surface area contributed by atoms with Gasteiger partial charge in [0.1, 0.15) is 5.75 Å². The number of para-hydroxylation sites is 1. The van der Waals surface area contributed by atoms with Crippen LogP contribution in [0.5, 0.6) is 5.75 Å². The van der Waals surface area contributed by atoms with Gasteiger partial charge in [-0.05, 0) is 25.0 Å². The number of benzene rings is 1. The number of ether oxygens (including phenoxy) is 1. The molecule has 0 unspecified atom stereocenters. The first-order chi connectivity index (χ1) is 9.10. The average Bonchev–Trinajstić information content (AvgIpc) is 2.44. The summed E-state index contributed by atoms with van der Waals surface area (Å²) in [6.45, 7) is 2.23. The number of hydrogen-bond acceptors (Lipinski definition) is 2. The van der Waals surface area contributed by atoms with E-state index in [4.69, 9.17) is 11.2 Å². The molecule has 1 rings (SSSR count). The van der Waals surface area contributed by atoms with E-state index in [1.165, 1.54) is 0 Å². The van der Waals surface area contributed by atoms with Gasteiger partial charge in [0.05, 0.1) is 13.7 Å². The molecule has 1 aromatic carbocycles. The lowest BCUT2D eigenvalue weighted by molar-refractivity contribution is 0.195. The Morgan fingerprint density at radius 1 is 1.53 bits per heavy atom. The minimum absolute atomic E-state index is 0.0501. The molecule has 0 saturated heterocycles. The van der Waals surface area contributed by atoms with Gasteiger partial charge in [0, 0.05) is 13.1 Å². The molecule has 1 atom stereocenters. The molecule has 1 N–H and O–H groups in total. The zero-order chi connectivity index (χ0) is 14.3. The van der Waals surface area contributed by atoms with E-state index in [1.807, 2.05) is 31.2 Å². The third-order valence-electron chi connectivity index (χ3n) is 3.03. The number of terminal acetylenes is 1. The van der Waals surface area contributed by atoms with Gasteiger partial charge in [-0.15, -0.1) is 6.42 Å². The van der Waals surface area contributed by atoms with E-state index in [-0.39, 0.29) is 18.6 Å². The highest BCUT2D eigenvalue weighted by Gasteiger charge is 2.16. The maximum Gasteiger partial charge on any atom is 0.318 e. The number of rotatable bonds is 5. The third-order valence-corrected chi connectivity index (χ3v) is 3.03. The van der Waals surface area contributed by atoms with E-state index in [9.17, 15) is 4.79 Å². The molecule has 102 valence electrons. The smallest absolute Gasteiger partial charge is 0.318 e. The average molecular weight is 260 g/mol. The Labute approximate surface area is 114 Å². The minimum atomic E-state index is -0.166. The van der Waals surface area contributed by atoms with E-state index in [1.54, 1.807) is 19.1 Å². The molecule has 0 aliphatic rings. The van der Waals surface area contributed by atoms with Crippen molar-refractivity contribution in [2.24, 2.45) is 0 Å². The number of amides is 2. The van der Waals surface area contributed by atoms with Crippen molar-refractivity contribution in [2.75, 3.05) is 20.7 Å². The van der Waals surface area contributed by atoms with Gasteiger partial charge in [0.15, 0.2) is 0 Å². The summed E-state index contributed by atoms with van der Waals surface area (Å²) in [6, 6.07) is 7.69. The molecular weight excluding hydrogens is 240 g/mol. The van der Waals surface area contributed by atoms with Gasteiger partial charge in [-0.1, -0.05) is 24.1 Å². The number of nitrogens with one attached hydrogen (secondary N) is 1. The molecule has 0 fully saturated rings. The van der Waals surface area contributed by atoms with Crippen molar-refractivity contribution < 1.29 is 9.53 Å². The van der Waals surface area contributed by atoms with Crippen LogP contribution in [0.2, 0.25) is 0 Å². The van der Waals surface area contributed by atoms with E-state index in [0.717, 1.165) is 17.7 Å². The SMILES string of the molecule is C#CCNC(=O)N(C)[C@H](C)Cc1ccccc1OC. The number of carbonyl (C=O) groups is 1. The molecule has 0 aliphatic carbocycles. The van der Waals surface area contributed by atoms with Gasteiger partial charge in [0.25, 0.3) is 0 Å². The Morgan fingerprint density at radius 3 is 2.84 bits per heavy atom. The fraction of sp³-hybridized carbons (Fsp3) is 0.400. The lowest BCUT2D eigenvalue weighted by Gasteiger charge is -2.25. The van der Waals surface area contributed by atoms with Crippen molar-refractivity contribution in [1.29, 1.82) is 0 Å². The molecular formula is C15H20N2O2. The topological polar surface area (TPSA) is 41.6 Å². The van der Waals surface area contributed by atoms with Crippen molar-refractivity contribution in [3.8, 4) is 18.1 Å². The maximum absolute atomic E-state index is 11.8. The highest BCUT2D eigenvalue weighted by atomic mass is 16.5. The molecule has 0 spiro atoms. The van der Waals surface area contributed by atoms with Crippen LogP contribution in [0, 0.1) is 12.3 Å². The zero-order valence-corrected chi connectivity index (χ0v) is 11.6. The normalized spacial score (nSPS) is 11.3. The van der Waals surface area contributed by atoms with Crippen LogP contribution in [0.3, 0.4) is 0 Å². The summed E-state index contributed by atoms with van der Waals surface area (Å²) >= 11 is 0. The quantitative estimate of drug-likeness (QED) is 0.822. The number of methoxy groups -OCH3 is 1.